The fourth-order valence-electron chi connectivity index (χ4n) is 13.6. The van der Waals surface area contributed by atoms with Crippen LogP contribution in [0, 0.1) is 46.3 Å². The first-order valence-corrected chi connectivity index (χ1v) is 28.9. The van der Waals surface area contributed by atoms with Gasteiger partial charge in [0, 0.05) is 25.9 Å². The maximum absolute atomic E-state index is 13.2. The minimum absolute atomic E-state index is 0.0534. The van der Waals surface area contributed by atoms with Gasteiger partial charge in [-0.1, -0.05) is 130 Å². The van der Waals surface area contributed by atoms with Crippen LogP contribution in [-0.4, -0.2) is 104 Å². The summed E-state index contributed by atoms with van der Waals surface area (Å²) in [5, 5.41) is 18.1. The van der Waals surface area contributed by atoms with Gasteiger partial charge in [-0.25, -0.2) is 0 Å². The molecule has 0 aromatic carbocycles. The molecule has 4 aliphatic carbocycles. The third kappa shape index (κ3) is 20.7. The van der Waals surface area contributed by atoms with Gasteiger partial charge < -0.3 is 33.6 Å². The number of nitrogens with zero attached hydrogens (tertiary/aromatic N) is 1. The van der Waals surface area contributed by atoms with Crippen molar-refractivity contribution in [2.24, 2.45) is 46.3 Å². The van der Waals surface area contributed by atoms with Crippen LogP contribution < -0.4 is 0 Å². The number of carboxylic acid groups (broad SMARTS) is 1. The Morgan fingerprint density at radius 1 is 0.676 bits per heavy atom. The summed E-state index contributed by atoms with van der Waals surface area (Å²) < 4.78 is 23.1. The van der Waals surface area contributed by atoms with E-state index in [1.165, 1.54) is 69.8 Å². The van der Waals surface area contributed by atoms with Gasteiger partial charge >= 0.3 is 29.8 Å². The second-order valence-electron chi connectivity index (χ2n) is 24.3. The van der Waals surface area contributed by atoms with E-state index in [-0.39, 0.29) is 67.4 Å². The van der Waals surface area contributed by atoms with Crippen LogP contribution in [0.15, 0.2) is 11.6 Å². The molecule has 71 heavy (non-hydrogen) atoms. The summed E-state index contributed by atoms with van der Waals surface area (Å²) in [4.78, 5) is 62.6. The number of hydrogen-bond acceptors (Lipinski definition) is 10. The van der Waals surface area contributed by atoms with Gasteiger partial charge in [-0.3, -0.25) is 24.0 Å². The van der Waals surface area contributed by atoms with E-state index >= 15 is 0 Å². The van der Waals surface area contributed by atoms with Crippen molar-refractivity contribution in [3.63, 3.8) is 0 Å². The minimum Gasteiger partial charge on any atom is -0.481 e. The number of carboxylic acids is 1. The van der Waals surface area contributed by atoms with E-state index in [0.717, 1.165) is 119 Å². The first kappa shape index (κ1) is 60.6. The molecule has 0 saturated heterocycles. The zero-order chi connectivity index (χ0) is 51.9. The number of rotatable bonds is 36. The molecule has 408 valence electrons. The monoisotopic (exact) mass is 1000 g/mol. The summed E-state index contributed by atoms with van der Waals surface area (Å²) >= 11 is 0. The predicted molar refractivity (Wildman–Crippen MR) is 279 cm³/mol. The molecule has 0 aromatic rings. The van der Waals surface area contributed by atoms with E-state index < -0.39 is 30.0 Å². The SMILES string of the molecule is CC(C)CCCC(C)C1CCC2C3CC=C4CC(OC(=O)CCC(=O)OCC(C[N+](C)(C)CCC(=O)O)OC(=O)CCCCCCCCC(=O)OCCCCCCCCCCO)CCC4(C)C3CCC12C. The number of aliphatic hydroxyl groups is 1. The Hall–Kier alpha value is -2.99. The second-order valence-corrected chi connectivity index (χ2v) is 24.3. The van der Waals surface area contributed by atoms with Gasteiger partial charge in [-0.15, -0.1) is 0 Å². The highest BCUT2D eigenvalue weighted by atomic mass is 16.6. The standard InChI is InChI=1S/C59H101NO11/c1-44(2)23-22-24-45(3)50-29-30-51-49-28-27-46-41-47(33-36-58(46,4)52(49)34-37-59(50,51)5)70-57(67)32-31-55(65)69-43-48(42-60(6,7)38-35-53(62)63)71-56(66)26-19-15-11-10-14-18-25-54(64)68-40-21-17-13-9-8-12-16-20-39-61/h27,44-45,47-52,61H,8-26,28-43H2,1-7H3/p+1. The summed E-state index contributed by atoms with van der Waals surface area (Å²) in [5.74, 6) is 2.22. The normalized spacial score (nSPS) is 25.8. The van der Waals surface area contributed by atoms with Gasteiger partial charge in [-0.05, 0) is 117 Å². The lowest BCUT2D eigenvalue weighted by atomic mass is 9.47. The lowest BCUT2D eigenvalue weighted by Gasteiger charge is -2.58. The first-order valence-electron chi connectivity index (χ1n) is 28.9. The molecule has 3 fully saturated rings. The number of unbranched alkanes of at least 4 members (excludes halogenated alkanes) is 12. The Balaban J connectivity index is 1.12. The van der Waals surface area contributed by atoms with Crippen molar-refractivity contribution in [1.29, 1.82) is 0 Å². The molecule has 3 saturated carbocycles. The van der Waals surface area contributed by atoms with E-state index in [9.17, 15) is 29.1 Å². The number of carbonyl (C=O) groups excluding carboxylic acids is 4. The van der Waals surface area contributed by atoms with Crippen molar-refractivity contribution in [3.05, 3.63) is 11.6 Å². The zero-order valence-corrected chi connectivity index (χ0v) is 46.0. The minimum atomic E-state index is -0.917. The van der Waals surface area contributed by atoms with Crippen molar-refractivity contribution in [1.82, 2.24) is 0 Å². The average Bonchev–Trinajstić information content (AvgIpc) is 3.68. The van der Waals surface area contributed by atoms with Crippen LogP contribution in [0.3, 0.4) is 0 Å². The molecule has 0 heterocycles. The fourth-order valence-corrected chi connectivity index (χ4v) is 13.6. The topological polar surface area (TPSA) is 163 Å². The Labute approximate surface area is 430 Å². The molecule has 0 aliphatic heterocycles. The lowest BCUT2D eigenvalue weighted by molar-refractivity contribution is -0.892. The molecule has 9 unspecified atom stereocenters. The van der Waals surface area contributed by atoms with Crippen molar-refractivity contribution < 1.29 is 57.6 Å². The molecular weight excluding hydrogens is 899 g/mol. The summed E-state index contributed by atoms with van der Waals surface area (Å²) in [5.41, 5.74) is 2.07. The molecule has 0 amide bonds. The average molecular weight is 1000 g/mol. The molecule has 9 atom stereocenters. The van der Waals surface area contributed by atoms with E-state index in [0.29, 0.717) is 37.3 Å². The zero-order valence-electron chi connectivity index (χ0n) is 46.0. The molecule has 2 N–H and O–H groups in total. The summed E-state index contributed by atoms with van der Waals surface area (Å²) in [7, 11) is 3.71. The highest BCUT2D eigenvalue weighted by Gasteiger charge is 2.59. The smallest absolute Gasteiger partial charge is 0.309 e. The van der Waals surface area contributed by atoms with Crippen LogP contribution in [-0.2, 0) is 42.9 Å². The molecule has 12 heteroatoms. The van der Waals surface area contributed by atoms with E-state index in [1.54, 1.807) is 0 Å². The third-order valence-electron chi connectivity index (χ3n) is 17.8. The fraction of sp³-hybridized carbons (Fsp3) is 0.881. The van der Waals surface area contributed by atoms with Crippen molar-refractivity contribution in [3.8, 4) is 0 Å². The largest absolute Gasteiger partial charge is 0.481 e. The third-order valence-corrected chi connectivity index (χ3v) is 17.8. The molecular formula is C59H102NO11+. The maximum Gasteiger partial charge on any atom is 0.309 e. The van der Waals surface area contributed by atoms with Gasteiger partial charge in [0.15, 0.2) is 6.10 Å². The van der Waals surface area contributed by atoms with E-state index in [2.05, 4.69) is 40.7 Å². The number of likely N-dealkylation sites (N-methyl/N-ethyl adjacent to an activating group) is 1. The number of ether oxygens (including phenoxy) is 4. The van der Waals surface area contributed by atoms with Crippen LogP contribution in [0.5, 0.6) is 0 Å². The van der Waals surface area contributed by atoms with Crippen molar-refractivity contribution in [2.75, 3.05) is 47.0 Å². The van der Waals surface area contributed by atoms with Crippen LogP contribution >= 0.6 is 0 Å². The van der Waals surface area contributed by atoms with Gasteiger partial charge in [0.2, 0.25) is 0 Å². The highest BCUT2D eigenvalue weighted by Crippen LogP contribution is 2.67. The van der Waals surface area contributed by atoms with Gasteiger partial charge in [-0.2, -0.15) is 0 Å². The number of aliphatic carboxylic acids is 1. The van der Waals surface area contributed by atoms with E-state index in [4.69, 9.17) is 24.1 Å². The molecule has 0 aromatic heterocycles. The Kier molecular flexibility index (Phi) is 26.5. The number of aliphatic hydroxyl groups excluding tert-OH is 1. The number of fused-ring (bicyclic) bond motifs is 5. The molecule has 4 aliphatic rings. The van der Waals surface area contributed by atoms with Crippen LogP contribution in [0.1, 0.15) is 227 Å². The van der Waals surface area contributed by atoms with Crippen LogP contribution in [0.4, 0.5) is 0 Å². The van der Waals surface area contributed by atoms with Crippen LogP contribution in [0.25, 0.3) is 0 Å². The van der Waals surface area contributed by atoms with Gasteiger partial charge in [0.1, 0.15) is 19.3 Å². The molecule has 4 rings (SSSR count). The molecule has 0 radical (unpaired) electrons. The Morgan fingerprint density at radius 2 is 1.30 bits per heavy atom. The molecule has 0 bridgehead atoms. The van der Waals surface area contributed by atoms with Crippen LogP contribution in [0.2, 0.25) is 0 Å². The number of allylic oxidation sites excluding steroid dienone is 1. The Bertz CT molecular complexity index is 1660. The molecule has 12 nitrogen and oxygen atoms in total. The van der Waals surface area contributed by atoms with Gasteiger partial charge in [0.25, 0.3) is 0 Å². The Morgan fingerprint density at radius 3 is 1.96 bits per heavy atom. The summed E-state index contributed by atoms with van der Waals surface area (Å²) in [6, 6.07) is 0. The van der Waals surface area contributed by atoms with Gasteiger partial charge in [0.05, 0.1) is 46.5 Å². The first-order chi connectivity index (χ1) is 33.9. The van der Waals surface area contributed by atoms with E-state index in [1.807, 2.05) is 14.1 Å². The lowest BCUT2D eigenvalue weighted by Crippen LogP contribution is -2.51. The van der Waals surface area contributed by atoms with Crippen molar-refractivity contribution >= 4 is 29.8 Å². The maximum atomic E-state index is 13.2. The molecule has 0 spiro atoms. The number of carbonyl (C=O) groups is 5. The predicted octanol–water partition coefficient (Wildman–Crippen LogP) is 12.5. The number of quaternary nitrogens is 1. The summed E-state index contributed by atoms with van der Waals surface area (Å²) in [6.45, 7) is 13.5. The quantitative estimate of drug-likeness (QED) is 0.0202. The van der Waals surface area contributed by atoms with Crippen molar-refractivity contribution in [2.45, 2.75) is 239 Å². The number of esters is 4. The number of hydrogen-bond donors (Lipinski definition) is 2. The summed E-state index contributed by atoms with van der Waals surface area (Å²) in [6.07, 6.45) is 28.8. The second kappa shape index (κ2) is 31.0. The highest BCUT2D eigenvalue weighted by molar-refractivity contribution is 5.77.